The highest BCUT2D eigenvalue weighted by molar-refractivity contribution is 6.30. The maximum absolute atomic E-state index is 10.6. The minimum absolute atomic E-state index is 0.392. The Kier molecular flexibility index (Phi) is 7.88. The molecular weight excluding hydrogens is 461 g/mol. The topological polar surface area (TPSA) is 96.2 Å². The number of hydrogen-bond donors (Lipinski definition) is 2. The molecule has 176 valence electrons. The normalized spacial score (nSPS) is 16.2. The Bertz CT molecular complexity index is 1080. The van der Waals surface area contributed by atoms with Gasteiger partial charge in [-0.05, 0) is 42.7 Å². The first-order chi connectivity index (χ1) is 15.6. The standard InChI is InChI=1S/C19H21ClN6.C2HF3O2/c1-14-9-18(26-12-16(20)10-23-26)4-3-15(14)11-25-8-5-17(13-25)24-19-21-6-2-7-22-19;3-2(4,5)1(6)7/h2-4,6-7,9-10,12,17H,5,8,11,13H2,1H3,(H,21,22,24);(H,6,7). The molecule has 1 saturated heterocycles. The zero-order valence-electron chi connectivity index (χ0n) is 17.6. The number of nitrogens with zero attached hydrogens (tertiary/aromatic N) is 5. The summed E-state index contributed by atoms with van der Waals surface area (Å²) in [5, 5.41) is 15.4. The Morgan fingerprint density at radius 1 is 1.30 bits per heavy atom. The molecule has 3 aromatic rings. The fraction of sp³-hybridized carbons (Fsp3) is 0.333. The van der Waals surface area contributed by atoms with Crippen LogP contribution in [0.3, 0.4) is 0 Å². The molecule has 1 aliphatic rings. The van der Waals surface area contributed by atoms with Gasteiger partial charge in [0.1, 0.15) is 0 Å². The van der Waals surface area contributed by atoms with E-state index in [9.17, 15) is 13.2 Å². The number of aromatic nitrogens is 4. The second kappa shape index (κ2) is 10.6. The van der Waals surface area contributed by atoms with Gasteiger partial charge in [0, 0.05) is 44.3 Å². The number of anilines is 1. The van der Waals surface area contributed by atoms with E-state index in [1.165, 1.54) is 11.1 Å². The summed E-state index contributed by atoms with van der Waals surface area (Å²) in [7, 11) is 0. The number of carboxylic acid groups (broad SMARTS) is 1. The predicted octanol–water partition coefficient (Wildman–Crippen LogP) is 3.94. The van der Waals surface area contributed by atoms with E-state index in [4.69, 9.17) is 21.5 Å². The van der Waals surface area contributed by atoms with E-state index in [-0.39, 0.29) is 0 Å². The molecule has 2 N–H and O–H groups in total. The molecule has 8 nitrogen and oxygen atoms in total. The van der Waals surface area contributed by atoms with Gasteiger partial charge in [-0.1, -0.05) is 17.7 Å². The van der Waals surface area contributed by atoms with Crippen LogP contribution in [0.1, 0.15) is 17.5 Å². The Morgan fingerprint density at radius 2 is 2.00 bits per heavy atom. The molecule has 3 heterocycles. The molecule has 12 heteroatoms. The van der Waals surface area contributed by atoms with Gasteiger partial charge in [0.15, 0.2) is 0 Å². The molecule has 0 saturated carbocycles. The first-order valence-electron chi connectivity index (χ1n) is 9.98. The molecule has 0 spiro atoms. The Balaban J connectivity index is 0.000000383. The third-order valence-electron chi connectivity index (χ3n) is 4.95. The number of benzene rings is 1. The summed E-state index contributed by atoms with van der Waals surface area (Å²) in [4.78, 5) is 19.9. The van der Waals surface area contributed by atoms with E-state index in [1.54, 1.807) is 23.3 Å². The number of carboxylic acids is 1. The molecule has 1 aromatic carbocycles. The molecule has 33 heavy (non-hydrogen) atoms. The van der Waals surface area contributed by atoms with Crippen molar-refractivity contribution in [2.45, 2.75) is 32.1 Å². The van der Waals surface area contributed by atoms with Crippen molar-refractivity contribution < 1.29 is 23.1 Å². The van der Waals surface area contributed by atoms with E-state index in [2.05, 4.69) is 50.4 Å². The van der Waals surface area contributed by atoms with Gasteiger partial charge >= 0.3 is 12.1 Å². The van der Waals surface area contributed by atoms with Crippen molar-refractivity contribution in [1.29, 1.82) is 0 Å². The maximum atomic E-state index is 10.6. The lowest BCUT2D eigenvalue weighted by molar-refractivity contribution is -0.192. The van der Waals surface area contributed by atoms with Gasteiger partial charge < -0.3 is 10.4 Å². The second-order valence-corrected chi connectivity index (χ2v) is 7.89. The van der Waals surface area contributed by atoms with Crippen molar-refractivity contribution in [2.75, 3.05) is 18.4 Å². The fourth-order valence-electron chi connectivity index (χ4n) is 3.33. The first-order valence-corrected chi connectivity index (χ1v) is 10.4. The lowest BCUT2D eigenvalue weighted by Crippen LogP contribution is -2.26. The van der Waals surface area contributed by atoms with Gasteiger partial charge in [0.05, 0.1) is 16.9 Å². The fourth-order valence-corrected chi connectivity index (χ4v) is 3.47. The van der Waals surface area contributed by atoms with Crippen LogP contribution >= 0.6 is 11.6 Å². The summed E-state index contributed by atoms with van der Waals surface area (Å²) in [6.07, 6.45) is 3.01. The largest absolute Gasteiger partial charge is 0.490 e. The van der Waals surface area contributed by atoms with E-state index in [0.29, 0.717) is 17.0 Å². The molecule has 1 atom stereocenters. The summed E-state index contributed by atoms with van der Waals surface area (Å²) in [5.74, 6) is -2.05. The first kappa shape index (κ1) is 24.5. The molecule has 1 fully saturated rings. The molecule has 2 aromatic heterocycles. The van der Waals surface area contributed by atoms with Crippen LogP contribution in [0.15, 0.2) is 49.1 Å². The Morgan fingerprint density at radius 3 is 2.58 bits per heavy atom. The van der Waals surface area contributed by atoms with Crippen molar-refractivity contribution >= 4 is 23.5 Å². The van der Waals surface area contributed by atoms with E-state index in [1.807, 2.05) is 12.3 Å². The van der Waals surface area contributed by atoms with Gasteiger partial charge in [-0.25, -0.2) is 19.4 Å². The number of carbonyl (C=O) groups is 1. The van der Waals surface area contributed by atoms with Gasteiger partial charge in [-0.3, -0.25) is 4.90 Å². The van der Waals surface area contributed by atoms with Crippen molar-refractivity contribution in [3.05, 3.63) is 65.2 Å². The summed E-state index contributed by atoms with van der Waals surface area (Å²) in [6.45, 7) is 5.15. The van der Waals surface area contributed by atoms with Crippen LogP contribution in [0, 0.1) is 6.92 Å². The van der Waals surface area contributed by atoms with Crippen LogP contribution in [-0.2, 0) is 11.3 Å². The number of alkyl halides is 3. The van der Waals surface area contributed by atoms with E-state index in [0.717, 1.165) is 31.7 Å². The molecule has 0 radical (unpaired) electrons. The van der Waals surface area contributed by atoms with Gasteiger partial charge in [-0.15, -0.1) is 0 Å². The minimum atomic E-state index is -5.08. The number of likely N-dealkylation sites (tertiary alicyclic amines) is 1. The lowest BCUT2D eigenvalue weighted by Gasteiger charge is -2.18. The summed E-state index contributed by atoms with van der Waals surface area (Å²) in [5.41, 5.74) is 3.63. The highest BCUT2D eigenvalue weighted by atomic mass is 35.5. The van der Waals surface area contributed by atoms with Crippen molar-refractivity contribution in [3.63, 3.8) is 0 Å². The molecular formula is C21H22ClF3N6O2. The number of aliphatic carboxylic acids is 1. The van der Waals surface area contributed by atoms with Crippen molar-refractivity contribution in [3.8, 4) is 5.69 Å². The van der Waals surface area contributed by atoms with Crippen LogP contribution < -0.4 is 5.32 Å². The molecule has 4 rings (SSSR count). The number of hydrogen-bond acceptors (Lipinski definition) is 6. The Hall–Kier alpha value is -3.18. The summed E-state index contributed by atoms with van der Waals surface area (Å²) < 4.78 is 33.5. The Labute approximate surface area is 193 Å². The molecule has 0 aliphatic carbocycles. The van der Waals surface area contributed by atoms with Crippen molar-refractivity contribution in [2.24, 2.45) is 0 Å². The van der Waals surface area contributed by atoms with E-state index < -0.39 is 12.1 Å². The molecule has 1 unspecified atom stereocenters. The van der Waals surface area contributed by atoms with Gasteiger partial charge in [0.2, 0.25) is 5.95 Å². The van der Waals surface area contributed by atoms with Gasteiger partial charge in [-0.2, -0.15) is 18.3 Å². The number of aryl methyl sites for hydroxylation is 1. The van der Waals surface area contributed by atoms with Crippen LogP contribution in [-0.4, -0.2) is 61.0 Å². The van der Waals surface area contributed by atoms with Crippen LogP contribution in [0.25, 0.3) is 5.69 Å². The van der Waals surface area contributed by atoms with Gasteiger partial charge in [0.25, 0.3) is 0 Å². The zero-order valence-corrected chi connectivity index (χ0v) is 18.4. The highest BCUT2D eigenvalue weighted by Crippen LogP contribution is 2.21. The molecule has 0 bridgehead atoms. The predicted molar refractivity (Wildman–Crippen MR) is 116 cm³/mol. The van der Waals surface area contributed by atoms with Crippen LogP contribution in [0.4, 0.5) is 19.1 Å². The third-order valence-corrected chi connectivity index (χ3v) is 5.14. The average molecular weight is 483 g/mol. The quantitative estimate of drug-likeness (QED) is 0.568. The summed E-state index contributed by atoms with van der Waals surface area (Å²) in [6, 6.07) is 8.65. The van der Waals surface area contributed by atoms with Crippen LogP contribution in [0.2, 0.25) is 5.02 Å². The molecule has 1 aliphatic heterocycles. The van der Waals surface area contributed by atoms with Crippen molar-refractivity contribution in [1.82, 2.24) is 24.6 Å². The summed E-state index contributed by atoms with van der Waals surface area (Å²) >= 11 is 5.96. The molecule has 0 amide bonds. The highest BCUT2D eigenvalue weighted by Gasteiger charge is 2.38. The third kappa shape index (κ3) is 7.16. The average Bonchev–Trinajstić information content (AvgIpc) is 3.39. The number of halogens is 4. The number of rotatable bonds is 5. The van der Waals surface area contributed by atoms with Crippen LogP contribution in [0.5, 0.6) is 0 Å². The smallest absolute Gasteiger partial charge is 0.475 e. The maximum Gasteiger partial charge on any atom is 0.490 e. The minimum Gasteiger partial charge on any atom is -0.475 e. The zero-order chi connectivity index (χ0) is 24.0. The second-order valence-electron chi connectivity index (χ2n) is 7.45. The lowest BCUT2D eigenvalue weighted by atomic mass is 10.1. The van der Waals surface area contributed by atoms with E-state index >= 15 is 0 Å². The SMILES string of the molecule is Cc1cc(-n2cc(Cl)cn2)ccc1CN1CCC(Nc2ncccn2)C1.O=C(O)C(F)(F)F. The number of nitrogens with one attached hydrogen (secondary N) is 1. The monoisotopic (exact) mass is 482 g/mol.